The van der Waals surface area contributed by atoms with Crippen molar-refractivity contribution in [2.75, 3.05) is 19.6 Å². The summed E-state index contributed by atoms with van der Waals surface area (Å²) in [4.78, 5) is 33.8. The molecule has 1 aromatic rings. The summed E-state index contributed by atoms with van der Waals surface area (Å²) in [7, 11) is 0. The van der Waals surface area contributed by atoms with E-state index in [-0.39, 0.29) is 18.9 Å². The van der Waals surface area contributed by atoms with Crippen molar-refractivity contribution in [2.24, 2.45) is 11.8 Å². The molecule has 7 heteroatoms. The molecular weight excluding hydrogens is 392 g/mol. The zero-order valence-corrected chi connectivity index (χ0v) is 20.0. The SMILES string of the molecule is CCCCC(CC)CN(CC(CC)CCCC)C(=O)CNC(Cc1c[nH]cn1)C(=O)O. The van der Waals surface area contributed by atoms with Crippen LogP contribution in [-0.4, -0.2) is 57.5 Å². The smallest absolute Gasteiger partial charge is 0.321 e. The van der Waals surface area contributed by atoms with Crippen LogP contribution in [0.25, 0.3) is 0 Å². The monoisotopic (exact) mass is 436 g/mol. The molecule has 0 aliphatic rings. The average Bonchev–Trinajstić information content (AvgIpc) is 3.28. The van der Waals surface area contributed by atoms with Gasteiger partial charge in [0.25, 0.3) is 0 Å². The van der Waals surface area contributed by atoms with Gasteiger partial charge in [-0.15, -0.1) is 0 Å². The second-order valence-corrected chi connectivity index (χ2v) is 8.67. The number of nitrogens with zero attached hydrogens (tertiary/aromatic N) is 2. The first kappa shape index (κ1) is 27.1. The van der Waals surface area contributed by atoms with Gasteiger partial charge in [0.15, 0.2) is 0 Å². The van der Waals surface area contributed by atoms with Crippen molar-refractivity contribution in [1.82, 2.24) is 20.2 Å². The molecule has 1 aromatic heterocycles. The van der Waals surface area contributed by atoms with Crippen molar-refractivity contribution in [2.45, 2.75) is 91.5 Å². The highest BCUT2D eigenvalue weighted by Crippen LogP contribution is 2.19. The summed E-state index contributed by atoms with van der Waals surface area (Å²) < 4.78 is 0. The van der Waals surface area contributed by atoms with Crippen LogP contribution in [0.3, 0.4) is 0 Å². The molecule has 0 spiro atoms. The number of carboxylic acid groups (broad SMARTS) is 1. The lowest BCUT2D eigenvalue weighted by Gasteiger charge is -2.31. The molecule has 0 aromatic carbocycles. The van der Waals surface area contributed by atoms with Crippen LogP contribution >= 0.6 is 0 Å². The highest BCUT2D eigenvalue weighted by molar-refractivity contribution is 5.80. The highest BCUT2D eigenvalue weighted by atomic mass is 16.4. The van der Waals surface area contributed by atoms with E-state index in [0.717, 1.165) is 51.6 Å². The summed E-state index contributed by atoms with van der Waals surface area (Å²) in [6.45, 7) is 10.3. The topological polar surface area (TPSA) is 98.3 Å². The fourth-order valence-electron chi connectivity index (χ4n) is 3.92. The van der Waals surface area contributed by atoms with Gasteiger partial charge < -0.3 is 15.0 Å². The number of amides is 1. The maximum Gasteiger partial charge on any atom is 0.321 e. The van der Waals surface area contributed by atoms with Crippen LogP contribution in [0.2, 0.25) is 0 Å². The largest absolute Gasteiger partial charge is 0.480 e. The number of imidazole rings is 1. The van der Waals surface area contributed by atoms with Crippen molar-refractivity contribution in [3.63, 3.8) is 0 Å². The quantitative estimate of drug-likeness (QED) is 0.319. The van der Waals surface area contributed by atoms with E-state index in [0.29, 0.717) is 17.5 Å². The van der Waals surface area contributed by atoms with Crippen LogP contribution in [0.15, 0.2) is 12.5 Å². The maximum atomic E-state index is 13.2. The zero-order valence-electron chi connectivity index (χ0n) is 20.0. The van der Waals surface area contributed by atoms with E-state index in [1.807, 2.05) is 4.90 Å². The third-order valence-electron chi connectivity index (χ3n) is 6.16. The molecule has 0 aliphatic heterocycles. The number of carboxylic acids is 1. The lowest BCUT2D eigenvalue weighted by Crippen LogP contribution is -2.47. The maximum absolute atomic E-state index is 13.2. The van der Waals surface area contributed by atoms with Gasteiger partial charge in [-0.05, 0) is 24.7 Å². The first-order valence-corrected chi connectivity index (χ1v) is 12.2. The Bertz CT molecular complexity index is 588. The van der Waals surface area contributed by atoms with Gasteiger partial charge in [-0.25, -0.2) is 4.98 Å². The first-order chi connectivity index (χ1) is 14.9. The predicted octanol–water partition coefficient (Wildman–Crippen LogP) is 4.26. The van der Waals surface area contributed by atoms with E-state index >= 15 is 0 Å². The number of hydrogen-bond donors (Lipinski definition) is 3. The predicted molar refractivity (Wildman–Crippen MR) is 125 cm³/mol. The fourth-order valence-corrected chi connectivity index (χ4v) is 3.92. The summed E-state index contributed by atoms with van der Waals surface area (Å²) in [5.74, 6) is 0.0168. The molecule has 0 aliphatic carbocycles. The molecule has 0 fully saturated rings. The van der Waals surface area contributed by atoms with Gasteiger partial charge in [0.05, 0.1) is 18.6 Å². The average molecular weight is 437 g/mol. The Balaban J connectivity index is 2.79. The van der Waals surface area contributed by atoms with Crippen molar-refractivity contribution < 1.29 is 14.7 Å². The van der Waals surface area contributed by atoms with Crippen LogP contribution in [0.1, 0.15) is 84.8 Å². The minimum atomic E-state index is -0.967. The number of rotatable bonds is 18. The Morgan fingerprint density at radius 3 is 2.06 bits per heavy atom. The summed E-state index contributed by atoms with van der Waals surface area (Å²) in [6.07, 6.45) is 12.5. The van der Waals surface area contributed by atoms with Crippen LogP contribution in [0.4, 0.5) is 0 Å². The Morgan fingerprint density at radius 1 is 1.06 bits per heavy atom. The molecule has 7 nitrogen and oxygen atoms in total. The summed E-state index contributed by atoms with van der Waals surface area (Å²) in [5.41, 5.74) is 0.667. The van der Waals surface area contributed by atoms with Crippen LogP contribution < -0.4 is 5.32 Å². The lowest BCUT2D eigenvalue weighted by atomic mass is 9.95. The third-order valence-corrected chi connectivity index (χ3v) is 6.16. The second kappa shape index (κ2) is 15.8. The number of hydrogen-bond acceptors (Lipinski definition) is 4. The van der Waals surface area contributed by atoms with Gasteiger partial charge in [0, 0.05) is 25.7 Å². The van der Waals surface area contributed by atoms with Crippen molar-refractivity contribution in [3.05, 3.63) is 18.2 Å². The van der Waals surface area contributed by atoms with E-state index in [2.05, 4.69) is 43.0 Å². The Labute approximate surface area is 188 Å². The van der Waals surface area contributed by atoms with Crippen LogP contribution in [-0.2, 0) is 16.0 Å². The lowest BCUT2D eigenvalue weighted by molar-refractivity contribution is -0.139. The number of unbranched alkanes of at least 4 members (excludes halogenated alkanes) is 2. The number of carbonyl (C=O) groups excluding carboxylic acids is 1. The van der Waals surface area contributed by atoms with Crippen molar-refractivity contribution >= 4 is 11.9 Å². The number of H-pyrrole nitrogens is 1. The minimum absolute atomic E-state index is 0.00169. The number of nitrogens with one attached hydrogen (secondary N) is 2. The molecule has 3 atom stereocenters. The Morgan fingerprint density at radius 2 is 1.65 bits per heavy atom. The third kappa shape index (κ3) is 10.8. The van der Waals surface area contributed by atoms with Crippen LogP contribution in [0, 0.1) is 11.8 Å². The van der Waals surface area contributed by atoms with Gasteiger partial charge in [-0.1, -0.05) is 66.2 Å². The number of aliphatic carboxylic acids is 1. The van der Waals surface area contributed by atoms with E-state index in [4.69, 9.17) is 0 Å². The van der Waals surface area contributed by atoms with Gasteiger partial charge in [-0.3, -0.25) is 14.9 Å². The molecule has 3 unspecified atom stereocenters. The molecule has 0 radical (unpaired) electrons. The molecule has 0 saturated carbocycles. The van der Waals surface area contributed by atoms with Gasteiger partial charge in [0.2, 0.25) is 5.91 Å². The Kier molecular flexibility index (Phi) is 13.9. The van der Waals surface area contributed by atoms with Gasteiger partial charge in [-0.2, -0.15) is 0 Å². The number of aromatic nitrogens is 2. The van der Waals surface area contributed by atoms with Gasteiger partial charge >= 0.3 is 5.97 Å². The van der Waals surface area contributed by atoms with Crippen molar-refractivity contribution in [3.8, 4) is 0 Å². The van der Waals surface area contributed by atoms with Gasteiger partial charge in [0.1, 0.15) is 6.04 Å². The molecule has 1 amide bonds. The normalized spacial score (nSPS) is 14.2. The second-order valence-electron chi connectivity index (χ2n) is 8.67. The van der Waals surface area contributed by atoms with Crippen LogP contribution in [0.5, 0.6) is 0 Å². The Hall–Kier alpha value is -1.89. The zero-order chi connectivity index (χ0) is 23.1. The molecule has 178 valence electrons. The minimum Gasteiger partial charge on any atom is -0.480 e. The molecule has 0 bridgehead atoms. The molecule has 1 heterocycles. The summed E-state index contributed by atoms with van der Waals surface area (Å²) in [6, 6.07) is -0.835. The fraction of sp³-hybridized carbons (Fsp3) is 0.792. The van der Waals surface area contributed by atoms with E-state index in [9.17, 15) is 14.7 Å². The molecule has 1 rings (SSSR count). The van der Waals surface area contributed by atoms with E-state index < -0.39 is 12.0 Å². The number of carbonyl (C=O) groups is 2. The summed E-state index contributed by atoms with van der Waals surface area (Å²) in [5, 5.41) is 12.5. The first-order valence-electron chi connectivity index (χ1n) is 12.2. The van der Waals surface area contributed by atoms with E-state index in [1.165, 1.54) is 19.2 Å². The summed E-state index contributed by atoms with van der Waals surface area (Å²) >= 11 is 0. The molecule has 31 heavy (non-hydrogen) atoms. The number of aromatic amines is 1. The molecular formula is C24H44N4O3. The standard InChI is InChI=1S/C24H44N4O3/c1-5-9-11-19(7-3)16-28(17-20(8-4)12-10-6-2)23(29)15-26-22(24(30)31)13-21-14-25-18-27-21/h14,18-20,22,26H,5-13,15-17H2,1-4H3,(H,25,27)(H,30,31). The highest BCUT2D eigenvalue weighted by Gasteiger charge is 2.24. The molecule has 0 saturated heterocycles. The molecule has 3 N–H and O–H groups in total. The van der Waals surface area contributed by atoms with E-state index in [1.54, 1.807) is 6.20 Å². The van der Waals surface area contributed by atoms with Crippen molar-refractivity contribution in [1.29, 1.82) is 0 Å².